The predicted octanol–water partition coefficient (Wildman–Crippen LogP) is 6.56. The molecule has 0 heterocycles. The quantitative estimate of drug-likeness (QED) is 0.334. The number of hydrogen-bond acceptors (Lipinski definition) is 0. The summed E-state index contributed by atoms with van der Waals surface area (Å²) in [5, 5.41) is 0.550. The van der Waals surface area contributed by atoms with Gasteiger partial charge in [0.25, 0.3) is 0 Å². The minimum absolute atomic E-state index is 0.183. The number of halogens is 3. The van der Waals surface area contributed by atoms with Crippen LogP contribution < -0.4 is 0 Å². The van der Waals surface area contributed by atoms with Gasteiger partial charge in [0, 0.05) is 0 Å². The van der Waals surface area contributed by atoms with Crippen molar-refractivity contribution in [2.45, 2.75) is 74.7 Å². The molecular weight excluding hydrogens is 281 g/mol. The Bertz CT molecular complexity index is 138. The van der Waals surface area contributed by atoms with Crippen LogP contribution in [0.25, 0.3) is 0 Å². The van der Waals surface area contributed by atoms with E-state index in [0.29, 0.717) is 0 Å². The molecule has 0 aromatic heterocycles. The summed E-state index contributed by atoms with van der Waals surface area (Å²) >= 11 is 19.4. The third kappa shape index (κ3) is 6.29. The lowest BCUT2D eigenvalue weighted by atomic mass is 10.4. The molecule has 0 saturated carbocycles. The van der Waals surface area contributed by atoms with Crippen molar-refractivity contribution < 1.29 is 0 Å². The van der Waals surface area contributed by atoms with Crippen molar-refractivity contribution in [3.63, 3.8) is 0 Å². The van der Waals surface area contributed by atoms with Crippen LogP contribution in [-0.2, 0) is 0 Å². The van der Waals surface area contributed by atoms with Crippen molar-refractivity contribution in [3.05, 3.63) is 0 Å². The van der Waals surface area contributed by atoms with Gasteiger partial charge in [-0.2, -0.15) is 0 Å². The second-order valence-corrected chi connectivity index (χ2v) is 9.37. The van der Waals surface area contributed by atoms with E-state index in [1.807, 2.05) is 0 Å². The first-order valence-corrected chi connectivity index (χ1v) is 9.13. The molecule has 0 fully saturated rings. The molecule has 3 unspecified atom stereocenters. The molecule has 0 aromatic rings. The molecule has 0 saturated heterocycles. The second-order valence-electron chi connectivity index (χ2n) is 4.12. The van der Waals surface area contributed by atoms with Crippen LogP contribution in [0.3, 0.4) is 0 Å². The summed E-state index contributed by atoms with van der Waals surface area (Å²) in [7, 11) is -0.466. The van der Waals surface area contributed by atoms with E-state index in [2.05, 4.69) is 20.8 Å². The van der Waals surface area contributed by atoms with Crippen LogP contribution in [0.4, 0.5) is 0 Å². The van der Waals surface area contributed by atoms with E-state index in [1.165, 1.54) is 0 Å². The molecule has 0 aliphatic rings. The largest absolute Gasteiger partial charge is 0.118 e. The lowest BCUT2D eigenvalue weighted by Gasteiger charge is -2.31. The molecular formula is C12H24Cl3P. The SMILES string of the molecule is CCCC(Cl)P(C(Cl)CCC)C(Cl)CCC. The maximum atomic E-state index is 6.47. The Labute approximate surface area is 117 Å². The maximum absolute atomic E-state index is 6.47. The molecule has 98 valence electrons. The van der Waals surface area contributed by atoms with Crippen LogP contribution in [0.2, 0.25) is 0 Å². The average Bonchev–Trinajstić information content (AvgIpc) is 2.19. The summed E-state index contributed by atoms with van der Waals surface area (Å²) in [6.45, 7) is 6.49. The lowest BCUT2D eigenvalue weighted by molar-refractivity contribution is 0.802. The van der Waals surface area contributed by atoms with Gasteiger partial charge in [0.15, 0.2) is 0 Å². The van der Waals surface area contributed by atoms with E-state index >= 15 is 0 Å². The molecule has 0 aliphatic carbocycles. The van der Waals surface area contributed by atoms with E-state index < -0.39 is 7.92 Å². The summed E-state index contributed by atoms with van der Waals surface area (Å²) in [5.74, 6) is 0. The van der Waals surface area contributed by atoms with Crippen molar-refractivity contribution in [2.75, 3.05) is 0 Å². The van der Waals surface area contributed by atoms with Crippen LogP contribution in [0.1, 0.15) is 59.3 Å². The van der Waals surface area contributed by atoms with Crippen molar-refractivity contribution in [2.24, 2.45) is 0 Å². The van der Waals surface area contributed by atoms with Crippen LogP contribution in [0.5, 0.6) is 0 Å². The topological polar surface area (TPSA) is 0 Å². The Hall–Kier alpha value is 1.30. The van der Waals surface area contributed by atoms with Gasteiger partial charge in [-0.05, 0) is 19.3 Å². The van der Waals surface area contributed by atoms with Crippen molar-refractivity contribution in [1.82, 2.24) is 0 Å². The molecule has 3 atom stereocenters. The van der Waals surface area contributed by atoms with Crippen LogP contribution >= 0.6 is 42.7 Å². The first kappa shape index (κ1) is 17.3. The molecule has 0 bridgehead atoms. The summed E-state index contributed by atoms with van der Waals surface area (Å²) in [5.41, 5.74) is 0. The standard InChI is InChI=1S/C12H24Cl3P/c1-4-7-10(13)16(11(14)8-5-2)12(15)9-6-3/h10-12H,4-9H2,1-3H3. The zero-order valence-corrected chi connectivity index (χ0v) is 13.7. The highest BCUT2D eigenvalue weighted by Gasteiger charge is 2.31. The molecule has 0 aromatic carbocycles. The monoisotopic (exact) mass is 304 g/mol. The van der Waals surface area contributed by atoms with Gasteiger partial charge >= 0.3 is 0 Å². The molecule has 0 aliphatic heterocycles. The van der Waals surface area contributed by atoms with E-state index in [1.54, 1.807) is 0 Å². The Morgan fingerprint density at radius 3 is 1.12 bits per heavy atom. The highest BCUT2D eigenvalue weighted by Crippen LogP contribution is 2.59. The number of hydrogen-bond donors (Lipinski definition) is 0. The van der Waals surface area contributed by atoms with Gasteiger partial charge in [0.05, 0.1) is 15.4 Å². The Kier molecular flexibility index (Phi) is 11.1. The highest BCUT2D eigenvalue weighted by atomic mass is 35.5. The minimum Gasteiger partial charge on any atom is -0.118 e. The number of alkyl halides is 3. The van der Waals surface area contributed by atoms with Crippen molar-refractivity contribution >= 4 is 42.7 Å². The molecule has 0 rings (SSSR count). The first-order valence-electron chi connectivity index (χ1n) is 6.28. The van der Waals surface area contributed by atoms with E-state index in [-0.39, 0.29) is 15.4 Å². The summed E-state index contributed by atoms with van der Waals surface area (Å²) in [4.78, 5) is 0. The Morgan fingerprint density at radius 1 is 0.688 bits per heavy atom. The van der Waals surface area contributed by atoms with Crippen molar-refractivity contribution in [3.8, 4) is 0 Å². The number of rotatable bonds is 9. The van der Waals surface area contributed by atoms with E-state index in [9.17, 15) is 0 Å². The normalized spacial score (nSPS) is 19.1. The molecule has 0 spiro atoms. The molecule has 4 heteroatoms. The fourth-order valence-electron chi connectivity index (χ4n) is 1.69. The van der Waals surface area contributed by atoms with Crippen LogP contribution in [0.15, 0.2) is 0 Å². The fourth-order valence-corrected chi connectivity index (χ4v) is 8.03. The van der Waals surface area contributed by atoms with Gasteiger partial charge in [-0.15, -0.1) is 34.8 Å². The summed E-state index contributed by atoms with van der Waals surface area (Å²) in [6, 6.07) is 0. The fraction of sp³-hybridized carbons (Fsp3) is 1.00. The van der Waals surface area contributed by atoms with Gasteiger partial charge in [-0.25, -0.2) is 0 Å². The van der Waals surface area contributed by atoms with Gasteiger partial charge in [-0.1, -0.05) is 48.0 Å². The molecule has 0 radical (unpaired) electrons. The Balaban J connectivity index is 4.47. The zero-order valence-electron chi connectivity index (χ0n) is 10.6. The zero-order chi connectivity index (χ0) is 12.6. The third-order valence-electron chi connectivity index (χ3n) is 2.55. The van der Waals surface area contributed by atoms with Gasteiger partial charge in [-0.3, -0.25) is 0 Å². The highest BCUT2D eigenvalue weighted by molar-refractivity contribution is 7.64. The smallest absolute Gasteiger partial charge is 0.0561 e. The molecule has 0 N–H and O–H groups in total. The van der Waals surface area contributed by atoms with E-state index in [0.717, 1.165) is 38.5 Å². The first-order chi connectivity index (χ1) is 7.58. The average molecular weight is 306 g/mol. The Morgan fingerprint density at radius 2 is 0.938 bits per heavy atom. The molecule has 0 amide bonds. The van der Waals surface area contributed by atoms with Crippen molar-refractivity contribution in [1.29, 1.82) is 0 Å². The van der Waals surface area contributed by atoms with Crippen LogP contribution in [0, 0.1) is 0 Å². The van der Waals surface area contributed by atoms with Crippen LogP contribution in [-0.4, -0.2) is 15.4 Å². The van der Waals surface area contributed by atoms with E-state index in [4.69, 9.17) is 34.8 Å². The lowest BCUT2D eigenvalue weighted by Crippen LogP contribution is -2.13. The third-order valence-corrected chi connectivity index (χ3v) is 7.95. The van der Waals surface area contributed by atoms with Gasteiger partial charge in [0.2, 0.25) is 0 Å². The van der Waals surface area contributed by atoms with Gasteiger partial charge in [0.1, 0.15) is 0 Å². The van der Waals surface area contributed by atoms with Gasteiger partial charge < -0.3 is 0 Å². The molecule has 0 nitrogen and oxygen atoms in total. The summed E-state index contributed by atoms with van der Waals surface area (Å²) in [6.07, 6.45) is 6.43. The maximum Gasteiger partial charge on any atom is 0.0561 e. The molecule has 16 heavy (non-hydrogen) atoms. The predicted molar refractivity (Wildman–Crippen MR) is 80.6 cm³/mol. The second kappa shape index (κ2) is 10.2. The summed E-state index contributed by atoms with van der Waals surface area (Å²) < 4.78 is 0. The minimum atomic E-state index is -0.466.